The van der Waals surface area contributed by atoms with Crippen LogP contribution in [0.2, 0.25) is 0 Å². The fourth-order valence-corrected chi connectivity index (χ4v) is 4.13. The topological polar surface area (TPSA) is 130 Å². The third-order valence-electron chi connectivity index (χ3n) is 6.00. The van der Waals surface area contributed by atoms with E-state index in [1.807, 2.05) is 18.7 Å². The molecular formula is C22H28N4O6. The molecule has 0 spiro atoms. The van der Waals surface area contributed by atoms with Crippen LogP contribution in [0.15, 0.2) is 18.2 Å². The fraction of sp³-hybridized carbons (Fsp3) is 0.500. The lowest BCUT2D eigenvalue weighted by Crippen LogP contribution is -2.56. The average Bonchev–Trinajstić information content (AvgIpc) is 3.01. The second kappa shape index (κ2) is 9.47. The minimum Gasteiger partial charge on any atom is -0.463 e. The summed E-state index contributed by atoms with van der Waals surface area (Å²) < 4.78 is 5.27. The molecule has 4 amide bonds. The molecule has 0 bridgehead atoms. The van der Waals surface area contributed by atoms with Crippen LogP contribution in [0.5, 0.6) is 0 Å². The Morgan fingerprint density at radius 3 is 2.47 bits per heavy atom. The lowest BCUT2D eigenvalue weighted by Gasteiger charge is -2.34. The molecule has 0 aliphatic carbocycles. The van der Waals surface area contributed by atoms with Gasteiger partial charge in [0.25, 0.3) is 17.7 Å². The molecule has 10 heteroatoms. The second-order valence-electron chi connectivity index (χ2n) is 7.79. The van der Waals surface area contributed by atoms with Crippen LogP contribution in [-0.4, -0.2) is 82.6 Å². The minimum atomic E-state index is -1.09. The number of carbonyl (C=O) groups is 5. The smallest absolute Gasteiger partial charge is 0.323 e. The van der Waals surface area contributed by atoms with Gasteiger partial charge in [0, 0.05) is 12.1 Å². The highest BCUT2D eigenvalue weighted by Gasteiger charge is 2.47. The Hall–Kier alpha value is -3.27. The highest BCUT2D eigenvalue weighted by molar-refractivity contribution is 6.23. The number of amides is 4. The largest absolute Gasteiger partial charge is 0.463 e. The molecule has 1 saturated heterocycles. The maximum absolute atomic E-state index is 13.0. The third-order valence-corrected chi connectivity index (χ3v) is 6.00. The van der Waals surface area contributed by atoms with Gasteiger partial charge in [0.2, 0.25) is 5.91 Å². The zero-order valence-electron chi connectivity index (χ0n) is 18.5. The van der Waals surface area contributed by atoms with Crippen molar-refractivity contribution >= 4 is 35.3 Å². The lowest BCUT2D eigenvalue weighted by atomic mass is 10.0. The molecule has 2 aliphatic rings. The van der Waals surface area contributed by atoms with E-state index in [4.69, 9.17) is 10.5 Å². The van der Waals surface area contributed by atoms with E-state index in [0.717, 1.165) is 9.80 Å². The number of esters is 1. The van der Waals surface area contributed by atoms with Crippen molar-refractivity contribution in [1.82, 2.24) is 14.7 Å². The predicted molar refractivity (Wildman–Crippen MR) is 114 cm³/mol. The molecular weight excluding hydrogens is 416 g/mol. The first-order chi connectivity index (χ1) is 15.2. The number of imide groups is 2. The number of hydrogen-bond acceptors (Lipinski definition) is 8. The average molecular weight is 444 g/mol. The molecule has 32 heavy (non-hydrogen) atoms. The number of fused-ring (bicyclic) bond motifs is 1. The Morgan fingerprint density at radius 2 is 1.81 bits per heavy atom. The summed E-state index contributed by atoms with van der Waals surface area (Å²) in [4.78, 5) is 67.0. The number of benzene rings is 1. The molecule has 0 saturated carbocycles. The zero-order valence-corrected chi connectivity index (χ0v) is 18.5. The summed E-state index contributed by atoms with van der Waals surface area (Å²) in [6, 6.07) is 2.84. The summed E-state index contributed by atoms with van der Waals surface area (Å²) in [5.41, 5.74) is 6.38. The summed E-state index contributed by atoms with van der Waals surface area (Å²) in [7, 11) is 0. The molecule has 172 valence electrons. The SMILES string of the molecule is CCN(CC)[C@@H](C)C(=O)OCCN1C(=O)CCC(N2C(=O)c3ccc(N)cc3C2=O)C1=O. The standard InChI is InChI=1S/C22H28N4O6/c1-4-24(5-2)13(3)22(31)32-11-10-25-18(27)9-8-17(21(25)30)26-19(28)15-7-6-14(23)12-16(15)20(26)29/h6-7,12-13,17H,4-5,8-11,23H2,1-3H3/t13-,17?/m0/s1. The number of likely N-dealkylation sites (N-methyl/N-ethyl adjacent to an activating group) is 1. The van der Waals surface area contributed by atoms with Crippen molar-refractivity contribution in [2.45, 2.75) is 45.7 Å². The third kappa shape index (κ3) is 4.22. The number of piperidine rings is 1. The Balaban J connectivity index is 1.67. The van der Waals surface area contributed by atoms with Crippen LogP contribution >= 0.6 is 0 Å². The van der Waals surface area contributed by atoms with Crippen LogP contribution in [0.4, 0.5) is 5.69 Å². The van der Waals surface area contributed by atoms with E-state index >= 15 is 0 Å². The van der Waals surface area contributed by atoms with Gasteiger partial charge in [-0.3, -0.25) is 38.7 Å². The predicted octanol–water partition coefficient (Wildman–Crippen LogP) is 0.656. The first-order valence-electron chi connectivity index (χ1n) is 10.7. The summed E-state index contributed by atoms with van der Waals surface area (Å²) >= 11 is 0. The summed E-state index contributed by atoms with van der Waals surface area (Å²) in [5, 5.41) is 0. The van der Waals surface area contributed by atoms with Crippen LogP contribution in [0, 0.1) is 0 Å². The number of nitrogen functional groups attached to an aromatic ring is 1. The van der Waals surface area contributed by atoms with Crippen molar-refractivity contribution in [1.29, 1.82) is 0 Å². The molecule has 10 nitrogen and oxygen atoms in total. The van der Waals surface area contributed by atoms with Crippen LogP contribution in [0.1, 0.15) is 54.3 Å². The van der Waals surface area contributed by atoms with Gasteiger partial charge in [-0.15, -0.1) is 0 Å². The first-order valence-corrected chi connectivity index (χ1v) is 10.7. The molecule has 1 unspecified atom stereocenters. The quantitative estimate of drug-likeness (QED) is 0.351. The van der Waals surface area contributed by atoms with Crippen molar-refractivity contribution in [3.63, 3.8) is 0 Å². The van der Waals surface area contributed by atoms with Gasteiger partial charge < -0.3 is 10.5 Å². The Kier molecular flexibility index (Phi) is 6.93. The molecule has 1 aromatic rings. The highest BCUT2D eigenvalue weighted by Crippen LogP contribution is 2.30. The van der Waals surface area contributed by atoms with Crippen LogP contribution in [0.3, 0.4) is 0 Å². The molecule has 1 aromatic carbocycles. The molecule has 1 fully saturated rings. The van der Waals surface area contributed by atoms with Gasteiger partial charge >= 0.3 is 5.97 Å². The van der Waals surface area contributed by atoms with Gasteiger partial charge in [0.1, 0.15) is 18.7 Å². The van der Waals surface area contributed by atoms with Crippen LogP contribution < -0.4 is 5.73 Å². The molecule has 0 aromatic heterocycles. The zero-order chi connectivity index (χ0) is 23.6. The van der Waals surface area contributed by atoms with Gasteiger partial charge in [0.15, 0.2) is 0 Å². The molecule has 3 rings (SSSR count). The molecule has 2 N–H and O–H groups in total. The minimum absolute atomic E-state index is 0.00422. The fourth-order valence-electron chi connectivity index (χ4n) is 4.13. The number of nitrogens with two attached hydrogens (primary N) is 1. The first kappa shape index (κ1) is 23.4. The monoisotopic (exact) mass is 444 g/mol. The number of ether oxygens (including phenoxy) is 1. The number of anilines is 1. The molecule has 2 atom stereocenters. The normalized spacial score (nSPS) is 19.6. The Morgan fingerprint density at radius 1 is 1.16 bits per heavy atom. The van der Waals surface area contributed by atoms with E-state index in [0.29, 0.717) is 18.8 Å². The van der Waals surface area contributed by atoms with E-state index < -0.39 is 41.7 Å². The Bertz CT molecular complexity index is 958. The van der Waals surface area contributed by atoms with Crippen molar-refractivity contribution in [3.8, 4) is 0 Å². The van der Waals surface area contributed by atoms with Gasteiger partial charge in [-0.25, -0.2) is 0 Å². The number of likely N-dealkylation sites (tertiary alicyclic amines) is 1. The van der Waals surface area contributed by atoms with Crippen LogP contribution in [0.25, 0.3) is 0 Å². The van der Waals surface area contributed by atoms with E-state index in [-0.39, 0.29) is 37.1 Å². The van der Waals surface area contributed by atoms with E-state index in [1.165, 1.54) is 18.2 Å². The van der Waals surface area contributed by atoms with Crippen molar-refractivity contribution in [2.24, 2.45) is 0 Å². The number of nitrogens with zero attached hydrogens (tertiary/aromatic N) is 3. The summed E-state index contributed by atoms with van der Waals surface area (Å²) in [6.45, 7) is 6.68. The van der Waals surface area contributed by atoms with Crippen molar-refractivity contribution in [3.05, 3.63) is 29.3 Å². The van der Waals surface area contributed by atoms with E-state index in [9.17, 15) is 24.0 Å². The lowest BCUT2D eigenvalue weighted by molar-refractivity contribution is -0.157. The van der Waals surface area contributed by atoms with Gasteiger partial charge in [-0.05, 0) is 44.6 Å². The highest BCUT2D eigenvalue weighted by atomic mass is 16.5. The van der Waals surface area contributed by atoms with Crippen molar-refractivity contribution in [2.75, 3.05) is 32.0 Å². The maximum atomic E-state index is 13.0. The second-order valence-corrected chi connectivity index (χ2v) is 7.79. The molecule has 0 radical (unpaired) electrons. The maximum Gasteiger partial charge on any atom is 0.323 e. The number of rotatable bonds is 8. The summed E-state index contributed by atoms with van der Waals surface area (Å²) in [6.07, 6.45) is 0.0453. The Labute approximate surface area is 186 Å². The van der Waals surface area contributed by atoms with E-state index in [1.54, 1.807) is 6.92 Å². The van der Waals surface area contributed by atoms with Gasteiger partial charge in [-0.2, -0.15) is 0 Å². The number of hydrogen-bond donors (Lipinski definition) is 1. The molecule has 2 aliphatic heterocycles. The summed E-state index contributed by atoms with van der Waals surface area (Å²) in [5.74, 6) is -2.72. The molecule has 2 heterocycles. The van der Waals surface area contributed by atoms with Gasteiger partial charge in [0.05, 0.1) is 17.7 Å². The van der Waals surface area contributed by atoms with Crippen molar-refractivity contribution < 1.29 is 28.7 Å². The number of carbonyl (C=O) groups excluding carboxylic acids is 5. The van der Waals surface area contributed by atoms with E-state index in [2.05, 4.69) is 0 Å². The van der Waals surface area contributed by atoms with Crippen LogP contribution in [-0.2, 0) is 19.1 Å². The van der Waals surface area contributed by atoms with Gasteiger partial charge in [-0.1, -0.05) is 13.8 Å².